The second-order valence-electron chi connectivity index (χ2n) is 10.4. The molecule has 0 unspecified atom stereocenters. The molecule has 0 heterocycles. The number of carbonyl (C=O) groups excluding carboxylic acids is 2. The Kier molecular flexibility index (Phi) is 11.3. The minimum atomic E-state index is -4.30. The van der Waals surface area contributed by atoms with E-state index in [0.717, 1.165) is 37.6 Å². The van der Waals surface area contributed by atoms with E-state index in [1.165, 1.54) is 17.0 Å². The summed E-state index contributed by atoms with van der Waals surface area (Å²) in [5.41, 5.74) is 2.80. The van der Waals surface area contributed by atoms with Crippen LogP contribution in [0.2, 0.25) is 0 Å². The van der Waals surface area contributed by atoms with E-state index in [1.807, 2.05) is 68.4 Å². The Hall–Kier alpha value is -4.02. The van der Waals surface area contributed by atoms with Crippen molar-refractivity contribution in [2.24, 2.45) is 0 Å². The van der Waals surface area contributed by atoms with Crippen LogP contribution in [-0.4, -0.2) is 44.3 Å². The predicted molar refractivity (Wildman–Crippen MR) is 174 cm³/mol. The second kappa shape index (κ2) is 15.1. The fourth-order valence-electron chi connectivity index (χ4n) is 4.68. The van der Waals surface area contributed by atoms with E-state index in [1.54, 1.807) is 24.3 Å². The first-order valence-electron chi connectivity index (χ1n) is 14.3. The molecule has 7 nitrogen and oxygen atoms in total. The van der Waals surface area contributed by atoms with Gasteiger partial charge >= 0.3 is 0 Å². The number of halogens is 2. The summed E-state index contributed by atoms with van der Waals surface area (Å²) in [6.45, 7) is 3.74. The number of nitrogens with zero attached hydrogens (tertiary/aromatic N) is 2. The van der Waals surface area contributed by atoms with Gasteiger partial charge in [-0.1, -0.05) is 83.0 Å². The third-order valence-corrected chi connectivity index (χ3v) is 9.41. The van der Waals surface area contributed by atoms with Gasteiger partial charge in [0.2, 0.25) is 11.8 Å². The van der Waals surface area contributed by atoms with Crippen molar-refractivity contribution in [3.8, 4) is 0 Å². The molecule has 0 aromatic heterocycles. The van der Waals surface area contributed by atoms with Crippen molar-refractivity contribution in [1.29, 1.82) is 0 Å². The molecule has 0 bridgehead atoms. The Morgan fingerprint density at radius 3 is 2.11 bits per heavy atom. The largest absolute Gasteiger partial charge is 0.354 e. The van der Waals surface area contributed by atoms with E-state index in [-0.39, 0.29) is 29.5 Å². The molecule has 1 N–H and O–H groups in total. The normalized spacial score (nSPS) is 11.9. The third kappa shape index (κ3) is 8.54. The van der Waals surface area contributed by atoms with Crippen molar-refractivity contribution in [1.82, 2.24) is 10.2 Å². The number of aryl methyl sites for hydroxylation is 1. The number of amides is 2. The van der Waals surface area contributed by atoms with Crippen LogP contribution in [0.15, 0.2) is 112 Å². The van der Waals surface area contributed by atoms with Gasteiger partial charge in [-0.3, -0.25) is 13.9 Å². The van der Waals surface area contributed by atoms with Gasteiger partial charge in [-0.25, -0.2) is 12.8 Å². The Bertz CT molecular complexity index is 1650. The van der Waals surface area contributed by atoms with Crippen molar-refractivity contribution in [2.45, 2.75) is 44.2 Å². The van der Waals surface area contributed by atoms with Crippen LogP contribution < -0.4 is 9.62 Å². The smallest absolute Gasteiger partial charge is 0.264 e. The number of benzene rings is 4. The number of hydrogen-bond donors (Lipinski definition) is 1. The fourth-order valence-corrected chi connectivity index (χ4v) is 6.36. The van der Waals surface area contributed by atoms with Crippen LogP contribution in [0.3, 0.4) is 0 Å². The standard InChI is InChI=1S/C34H35BrFN3O4S/c1-3-21-37-34(41)32(22-26-7-5-4-6-8-26)38(23-27-11-13-28(35)14-12-27)33(40)24-39(30-17-9-25(2)10-18-30)44(42,43)31-19-15-29(36)16-20-31/h4-20,32H,3,21-24H2,1-2H3,(H,37,41)/t32-/m0/s1. The van der Waals surface area contributed by atoms with Crippen LogP contribution in [-0.2, 0) is 32.6 Å². The van der Waals surface area contributed by atoms with Crippen molar-refractivity contribution in [3.63, 3.8) is 0 Å². The summed E-state index contributed by atoms with van der Waals surface area (Å²) in [5.74, 6) is -1.47. The molecule has 0 aliphatic heterocycles. The monoisotopic (exact) mass is 679 g/mol. The maximum Gasteiger partial charge on any atom is 0.264 e. The van der Waals surface area contributed by atoms with Gasteiger partial charge in [-0.2, -0.15) is 0 Å². The highest BCUT2D eigenvalue weighted by Gasteiger charge is 2.34. The van der Waals surface area contributed by atoms with Crippen LogP contribution in [0.4, 0.5) is 10.1 Å². The first kappa shape index (κ1) is 32.9. The molecule has 0 aliphatic carbocycles. The third-order valence-electron chi connectivity index (χ3n) is 7.09. The van der Waals surface area contributed by atoms with E-state index < -0.39 is 34.3 Å². The summed E-state index contributed by atoms with van der Waals surface area (Å²) in [6, 6.07) is 27.1. The highest BCUT2D eigenvalue weighted by Crippen LogP contribution is 2.26. The van der Waals surface area contributed by atoms with E-state index >= 15 is 0 Å². The quantitative estimate of drug-likeness (QED) is 0.181. The van der Waals surface area contributed by atoms with E-state index in [4.69, 9.17) is 0 Å². The van der Waals surface area contributed by atoms with Crippen molar-refractivity contribution in [2.75, 3.05) is 17.4 Å². The number of hydrogen-bond acceptors (Lipinski definition) is 4. The topological polar surface area (TPSA) is 86.8 Å². The second-order valence-corrected chi connectivity index (χ2v) is 13.2. The average molecular weight is 681 g/mol. The molecule has 4 aromatic rings. The first-order chi connectivity index (χ1) is 21.1. The average Bonchev–Trinajstić information content (AvgIpc) is 3.02. The van der Waals surface area contributed by atoms with Gasteiger partial charge in [0.15, 0.2) is 0 Å². The summed E-state index contributed by atoms with van der Waals surface area (Å²) in [6.07, 6.45) is 0.940. The van der Waals surface area contributed by atoms with E-state index in [0.29, 0.717) is 13.0 Å². The Morgan fingerprint density at radius 2 is 1.50 bits per heavy atom. The van der Waals surface area contributed by atoms with Crippen LogP contribution in [0.1, 0.15) is 30.0 Å². The van der Waals surface area contributed by atoms with Gasteiger partial charge in [-0.15, -0.1) is 0 Å². The zero-order chi connectivity index (χ0) is 31.7. The number of nitrogens with one attached hydrogen (secondary N) is 1. The van der Waals surface area contributed by atoms with E-state index in [9.17, 15) is 22.4 Å². The zero-order valence-corrected chi connectivity index (χ0v) is 27.0. The number of carbonyl (C=O) groups is 2. The Balaban J connectivity index is 1.78. The highest BCUT2D eigenvalue weighted by atomic mass is 79.9. The molecule has 44 heavy (non-hydrogen) atoms. The summed E-state index contributed by atoms with van der Waals surface area (Å²) in [5, 5.41) is 2.93. The van der Waals surface area contributed by atoms with Crippen molar-refractivity contribution < 1.29 is 22.4 Å². The molecule has 1 atom stereocenters. The molecule has 0 saturated carbocycles. The summed E-state index contributed by atoms with van der Waals surface area (Å²) < 4.78 is 43.5. The van der Waals surface area contributed by atoms with Gasteiger partial charge in [0.05, 0.1) is 10.6 Å². The summed E-state index contributed by atoms with van der Waals surface area (Å²) >= 11 is 3.44. The molecule has 230 valence electrons. The molecule has 2 amide bonds. The molecule has 4 rings (SSSR count). The number of anilines is 1. The molecule has 10 heteroatoms. The first-order valence-corrected chi connectivity index (χ1v) is 16.5. The van der Waals surface area contributed by atoms with E-state index in [2.05, 4.69) is 21.2 Å². The highest BCUT2D eigenvalue weighted by molar-refractivity contribution is 9.10. The molecular weight excluding hydrogens is 645 g/mol. The van der Waals surface area contributed by atoms with Crippen LogP contribution in [0, 0.1) is 12.7 Å². The van der Waals surface area contributed by atoms with Gasteiger partial charge in [0, 0.05) is 24.0 Å². The molecule has 0 fully saturated rings. The zero-order valence-electron chi connectivity index (χ0n) is 24.6. The molecule has 0 aliphatic rings. The van der Waals surface area contributed by atoms with Gasteiger partial charge in [0.25, 0.3) is 10.0 Å². The minimum absolute atomic E-state index is 0.0709. The summed E-state index contributed by atoms with van der Waals surface area (Å²) in [4.78, 5) is 29.3. The van der Waals surface area contributed by atoms with Gasteiger partial charge in [0.1, 0.15) is 18.4 Å². The van der Waals surface area contributed by atoms with Gasteiger partial charge in [-0.05, 0) is 73.0 Å². The van der Waals surface area contributed by atoms with Crippen LogP contribution in [0.5, 0.6) is 0 Å². The molecule has 0 saturated heterocycles. The predicted octanol–water partition coefficient (Wildman–Crippen LogP) is 6.26. The Labute approximate surface area is 266 Å². The maximum absolute atomic E-state index is 14.4. The van der Waals surface area contributed by atoms with Crippen LogP contribution >= 0.6 is 15.9 Å². The lowest BCUT2D eigenvalue weighted by Crippen LogP contribution is -2.53. The molecule has 0 spiro atoms. The van der Waals surface area contributed by atoms with Gasteiger partial charge < -0.3 is 10.2 Å². The molecule has 4 aromatic carbocycles. The SMILES string of the molecule is CCCNC(=O)[C@H](Cc1ccccc1)N(Cc1ccc(Br)cc1)C(=O)CN(c1ccc(C)cc1)S(=O)(=O)c1ccc(F)cc1. The molecule has 0 radical (unpaired) electrons. The fraction of sp³-hybridized carbons (Fsp3) is 0.235. The number of rotatable bonds is 13. The van der Waals surface area contributed by atoms with Crippen molar-refractivity contribution in [3.05, 3.63) is 130 Å². The van der Waals surface area contributed by atoms with Crippen molar-refractivity contribution >= 4 is 43.5 Å². The summed E-state index contributed by atoms with van der Waals surface area (Å²) in [7, 11) is -4.30. The number of sulfonamides is 1. The Morgan fingerprint density at radius 1 is 0.864 bits per heavy atom. The lowest BCUT2D eigenvalue weighted by atomic mass is 10.0. The minimum Gasteiger partial charge on any atom is -0.354 e. The molecular formula is C34H35BrFN3O4S. The lowest BCUT2D eigenvalue weighted by Gasteiger charge is -2.34. The maximum atomic E-state index is 14.4. The van der Waals surface area contributed by atoms with Crippen LogP contribution in [0.25, 0.3) is 0 Å². The lowest BCUT2D eigenvalue weighted by molar-refractivity contribution is -0.140.